The van der Waals surface area contributed by atoms with Gasteiger partial charge in [-0.05, 0) is 52.1 Å². The van der Waals surface area contributed by atoms with E-state index in [0.29, 0.717) is 12.0 Å². The van der Waals surface area contributed by atoms with Gasteiger partial charge in [0.15, 0.2) is 5.65 Å². The highest BCUT2D eigenvalue weighted by Crippen LogP contribution is 2.20. The highest BCUT2D eigenvalue weighted by molar-refractivity contribution is 5.50. The number of anilines is 1. The van der Waals surface area contributed by atoms with Gasteiger partial charge >= 0.3 is 0 Å². The van der Waals surface area contributed by atoms with Crippen LogP contribution < -0.4 is 5.32 Å². The fourth-order valence-corrected chi connectivity index (χ4v) is 3.30. The number of nitrogens with one attached hydrogen (secondary N) is 1. The first-order valence-corrected chi connectivity index (χ1v) is 8.90. The van der Waals surface area contributed by atoms with Crippen LogP contribution in [0.3, 0.4) is 0 Å². The average molecular weight is 315 g/mol. The van der Waals surface area contributed by atoms with Crippen molar-refractivity contribution in [3.05, 3.63) is 23.5 Å². The monoisotopic (exact) mass is 315 g/mol. The molecular weight excluding hydrogens is 286 g/mol. The normalized spacial score (nSPS) is 17.3. The van der Waals surface area contributed by atoms with Crippen LogP contribution in [0.2, 0.25) is 0 Å². The third kappa shape index (κ3) is 3.66. The molecule has 2 aromatic rings. The number of likely N-dealkylation sites (tertiary alicyclic amines) is 1. The second-order valence-corrected chi connectivity index (χ2v) is 7.08. The average Bonchev–Trinajstić information content (AvgIpc) is 3.14. The minimum atomic E-state index is 0.416. The van der Waals surface area contributed by atoms with Crippen LogP contribution in [-0.2, 0) is 0 Å². The van der Waals surface area contributed by atoms with Crippen molar-refractivity contribution in [2.24, 2.45) is 0 Å². The van der Waals surface area contributed by atoms with Gasteiger partial charge in [0, 0.05) is 30.4 Å². The Morgan fingerprint density at radius 3 is 2.61 bits per heavy atom. The molecule has 1 aliphatic heterocycles. The van der Waals surface area contributed by atoms with E-state index in [-0.39, 0.29) is 0 Å². The van der Waals surface area contributed by atoms with Crippen molar-refractivity contribution in [2.75, 3.05) is 25.0 Å². The molecule has 5 heteroatoms. The summed E-state index contributed by atoms with van der Waals surface area (Å²) in [5, 5.41) is 8.15. The molecular formula is C18H29N5. The smallest absolute Gasteiger partial charge is 0.157 e. The highest BCUT2D eigenvalue weighted by Gasteiger charge is 2.17. The maximum absolute atomic E-state index is 4.71. The first kappa shape index (κ1) is 16.2. The lowest BCUT2D eigenvalue weighted by atomic mass is 10.1. The topological polar surface area (TPSA) is 45.5 Å². The molecule has 2 aromatic heterocycles. The number of hydrogen-bond acceptors (Lipinski definition) is 4. The third-order valence-electron chi connectivity index (χ3n) is 4.79. The Balaban J connectivity index is 1.70. The molecule has 0 saturated carbocycles. The molecule has 1 unspecified atom stereocenters. The fourth-order valence-electron chi connectivity index (χ4n) is 3.30. The van der Waals surface area contributed by atoms with Crippen LogP contribution in [-0.4, -0.2) is 45.2 Å². The van der Waals surface area contributed by atoms with Gasteiger partial charge in [0.05, 0.1) is 5.69 Å². The molecule has 0 radical (unpaired) electrons. The van der Waals surface area contributed by atoms with Gasteiger partial charge in [0.25, 0.3) is 0 Å². The molecule has 3 heterocycles. The number of rotatable bonds is 6. The Labute approximate surface area is 139 Å². The van der Waals surface area contributed by atoms with Crippen molar-refractivity contribution in [1.29, 1.82) is 0 Å². The second kappa shape index (κ2) is 6.87. The second-order valence-electron chi connectivity index (χ2n) is 7.08. The molecule has 0 aromatic carbocycles. The van der Waals surface area contributed by atoms with Gasteiger partial charge in [-0.25, -0.2) is 4.98 Å². The van der Waals surface area contributed by atoms with E-state index < -0.39 is 0 Å². The summed E-state index contributed by atoms with van der Waals surface area (Å²) in [4.78, 5) is 7.31. The summed E-state index contributed by atoms with van der Waals surface area (Å²) in [6.07, 6.45) is 3.86. The van der Waals surface area contributed by atoms with Crippen molar-refractivity contribution in [2.45, 2.75) is 58.9 Å². The largest absolute Gasteiger partial charge is 0.370 e. The Kier molecular flexibility index (Phi) is 4.85. The molecule has 5 nitrogen and oxygen atoms in total. The van der Waals surface area contributed by atoms with Gasteiger partial charge in [0.2, 0.25) is 0 Å². The maximum Gasteiger partial charge on any atom is 0.157 e. The Morgan fingerprint density at radius 2 is 1.91 bits per heavy atom. The lowest BCUT2D eigenvalue weighted by Crippen LogP contribution is -2.31. The van der Waals surface area contributed by atoms with E-state index in [9.17, 15) is 0 Å². The van der Waals surface area contributed by atoms with Crippen molar-refractivity contribution in [3.63, 3.8) is 0 Å². The molecule has 0 spiro atoms. The summed E-state index contributed by atoms with van der Waals surface area (Å²) < 4.78 is 1.93. The summed E-state index contributed by atoms with van der Waals surface area (Å²) in [7, 11) is 0. The van der Waals surface area contributed by atoms with E-state index in [2.05, 4.69) is 42.2 Å². The first-order chi connectivity index (χ1) is 11.0. The van der Waals surface area contributed by atoms with Crippen molar-refractivity contribution in [3.8, 4) is 0 Å². The van der Waals surface area contributed by atoms with E-state index in [1.807, 2.05) is 17.5 Å². The highest BCUT2D eigenvalue weighted by atomic mass is 15.3. The minimum absolute atomic E-state index is 0.416. The van der Waals surface area contributed by atoms with E-state index in [1.165, 1.54) is 25.9 Å². The van der Waals surface area contributed by atoms with Crippen LogP contribution >= 0.6 is 0 Å². The zero-order valence-electron chi connectivity index (χ0n) is 14.8. The molecule has 0 amide bonds. The van der Waals surface area contributed by atoms with Crippen LogP contribution in [0.15, 0.2) is 12.1 Å². The summed E-state index contributed by atoms with van der Waals surface area (Å²) in [6, 6.07) is 4.83. The van der Waals surface area contributed by atoms with Crippen LogP contribution in [0.5, 0.6) is 0 Å². The van der Waals surface area contributed by atoms with Gasteiger partial charge in [-0.2, -0.15) is 9.61 Å². The van der Waals surface area contributed by atoms with Gasteiger partial charge < -0.3 is 10.2 Å². The summed E-state index contributed by atoms with van der Waals surface area (Å²) in [5.41, 5.74) is 3.06. The van der Waals surface area contributed by atoms with Crippen LogP contribution in [0, 0.1) is 6.92 Å². The number of hydrogen-bond donors (Lipinski definition) is 1. The summed E-state index contributed by atoms with van der Waals surface area (Å²) >= 11 is 0. The molecule has 23 heavy (non-hydrogen) atoms. The molecule has 3 rings (SSSR count). The van der Waals surface area contributed by atoms with Gasteiger partial charge in [-0.3, -0.25) is 0 Å². The molecule has 0 aliphatic carbocycles. The SMILES string of the molecule is Cc1cc2nc(C(C)C)cc(NCCC(C)N3CCCC3)n2n1. The minimum Gasteiger partial charge on any atom is -0.370 e. The fraction of sp³-hybridized carbons (Fsp3) is 0.667. The Morgan fingerprint density at radius 1 is 1.17 bits per heavy atom. The van der Waals surface area contributed by atoms with Gasteiger partial charge in [0.1, 0.15) is 5.82 Å². The van der Waals surface area contributed by atoms with E-state index in [0.717, 1.165) is 35.8 Å². The summed E-state index contributed by atoms with van der Waals surface area (Å²) in [6.45, 7) is 12.2. The summed E-state index contributed by atoms with van der Waals surface area (Å²) in [5.74, 6) is 1.47. The zero-order chi connectivity index (χ0) is 16.4. The number of nitrogens with zero attached hydrogens (tertiary/aromatic N) is 4. The van der Waals surface area contributed by atoms with E-state index >= 15 is 0 Å². The van der Waals surface area contributed by atoms with Crippen LogP contribution in [0.1, 0.15) is 57.3 Å². The molecule has 1 saturated heterocycles. The van der Waals surface area contributed by atoms with E-state index in [4.69, 9.17) is 4.98 Å². The molecule has 0 bridgehead atoms. The lowest BCUT2D eigenvalue weighted by molar-refractivity contribution is 0.251. The van der Waals surface area contributed by atoms with Crippen molar-refractivity contribution >= 4 is 11.5 Å². The van der Waals surface area contributed by atoms with Crippen molar-refractivity contribution in [1.82, 2.24) is 19.5 Å². The first-order valence-electron chi connectivity index (χ1n) is 8.90. The number of fused-ring (bicyclic) bond motifs is 1. The lowest BCUT2D eigenvalue weighted by Gasteiger charge is -2.24. The van der Waals surface area contributed by atoms with Crippen molar-refractivity contribution < 1.29 is 0 Å². The Bertz CT molecular complexity index is 655. The quantitative estimate of drug-likeness (QED) is 0.887. The zero-order valence-corrected chi connectivity index (χ0v) is 14.8. The molecule has 126 valence electrons. The molecule has 1 N–H and O–H groups in total. The number of aromatic nitrogens is 3. The van der Waals surface area contributed by atoms with E-state index in [1.54, 1.807) is 0 Å². The maximum atomic E-state index is 4.71. The molecule has 1 aliphatic rings. The van der Waals surface area contributed by atoms with Gasteiger partial charge in [-0.1, -0.05) is 13.8 Å². The van der Waals surface area contributed by atoms with Crippen LogP contribution in [0.4, 0.5) is 5.82 Å². The molecule has 1 fully saturated rings. The standard InChI is InChI=1S/C18H29N5/c1-13(2)16-12-17(23-18(20-16)11-14(3)21-23)19-8-7-15(4)22-9-5-6-10-22/h11-13,15,19H,5-10H2,1-4H3. The third-order valence-corrected chi connectivity index (χ3v) is 4.79. The predicted molar refractivity (Wildman–Crippen MR) is 95.2 cm³/mol. The van der Waals surface area contributed by atoms with Gasteiger partial charge in [-0.15, -0.1) is 0 Å². The number of aryl methyl sites for hydroxylation is 1. The molecule has 1 atom stereocenters. The Hall–Kier alpha value is -1.62. The predicted octanol–water partition coefficient (Wildman–Crippen LogP) is 3.45. The van der Waals surface area contributed by atoms with Crippen LogP contribution in [0.25, 0.3) is 5.65 Å².